The molecule has 0 bridgehead atoms. The van der Waals surface area contributed by atoms with Gasteiger partial charge in [-0.1, -0.05) is 0 Å². The van der Waals surface area contributed by atoms with Crippen molar-refractivity contribution in [3.8, 4) is 11.1 Å². The van der Waals surface area contributed by atoms with Crippen LogP contribution in [-0.2, 0) is 4.74 Å². The van der Waals surface area contributed by atoms with Crippen LogP contribution >= 0.6 is 0 Å². The van der Waals surface area contributed by atoms with Gasteiger partial charge in [-0.2, -0.15) is 0 Å². The van der Waals surface area contributed by atoms with Crippen molar-refractivity contribution in [3.05, 3.63) is 51.8 Å². The Morgan fingerprint density at radius 2 is 2.00 bits per heavy atom. The highest BCUT2D eigenvalue weighted by Crippen LogP contribution is 2.28. The number of nitro groups is 1. The molecule has 6 nitrogen and oxygen atoms in total. The fraction of sp³-hybridized carbons (Fsp3) is 0.214. The number of non-ortho nitro benzene ring substituents is 1. The fourth-order valence-electron chi connectivity index (χ4n) is 1.98. The first kappa shape index (κ1) is 13.8. The van der Waals surface area contributed by atoms with Crippen LogP contribution in [0.3, 0.4) is 0 Å². The van der Waals surface area contributed by atoms with Crippen LogP contribution < -0.4 is 0 Å². The van der Waals surface area contributed by atoms with Gasteiger partial charge in [-0.05, 0) is 31.5 Å². The highest BCUT2D eigenvalue weighted by atomic mass is 16.6. The minimum Gasteiger partial charge on any atom is -0.462 e. The maximum atomic E-state index is 11.9. The maximum absolute atomic E-state index is 11.9. The number of rotatable bonds is 4. The molecular weight excluding hydrogens is 260 g/mol. The molecule has 2 rings (SSSR count). The molecule has 0 aliphatic heterocycles. The van der Waals surface area contributed by atoms with E-state index in [0.29, 0.717) is 23.4 Å². The number of carbonyl (C=O) groups is 1. The Labute approximate surface area is 115 Å². The number of aromatic amines is 1. The van der Waals surface area contributed by atoms with Gasteiger partial charge in [0.05, 0.1) is 17.1 Å². The van der Waals surface area contributed by atoms with Crippen LogP contribution in [0.15, 0.2) is 30.5 Å². The van der Waals surface area contributed by atoms with Crippen molar-refractivity contribution < 1.29 is 14.5 Å². The van der Waals surface area contributed by atoms with Gasteiger partial charge in [-0.3, -0.25) is 10.1 Å². The number of H-pyrrole nitrogens is 1. The monoisotopic (exact) mass is 274 g/mol. The third kappa shape index (κ3) is 2.54. The van der Waals surface area contributed by atoms with Crippen LogP contribution in [-0.4, -0.2) is 22.5 Å². The molecule has 0 unspecified atom stereocenters. The van der Waals surface area contributed by atoms with Gasteiger partial charge in [0.2, 0.25) is 0 Å². The summed E-state index contributed by atoms with van der Waals surface area (Å²) in [6.45, 7) is 3.82. The zero-order chi connectivity index (χ0) is 14.7. The number of hydrogen-bond donors (Lipinski definition) is 1. The number of benzene rings is 1. The molecule has 0 atom stereocenters. The summed E-state index contributed by atoms with van der Waals surface area (Å²) in [5, 5.41) is 10.6. The number of nitro benzene ring substituents is 1. The number of carbonyl (C=O) groups excluding carboxylic acids is 1. The van der Waals surface area contributed by atoms with Gasteiger partial charge in [-0.15, -0.1) is 0 Å². The SMILES string of the molecule is CCOC(=O)c1c(-c2ccc([N+](=O)[O-])cc2)c[nH]c1C. The lowest BCUT2D eigenvalue weighted by atomic mass is 10.0. The Hall–Kier alpha value is -2.63. The Morgan fingerprint density at radius 1 is 1.35 bits per heavy atom. The van der Waals surface area contributed by atoms with Crippen LogP contribution in [0.25, 0.3) is 11.1 Å². The largest absolute Gasteiger partial charge is 0.462 e. The standard InChI is InChI=1S/C14H14N2O4/c1-3-20-14(17)13-9(2)15-8-12(13)10-4-6-11(7-5-10)16(18)19/h4-8,15H,3H2,1-2H3. The third-order valence-electron chi connectivity index (χ3n) is 2.95. The van der Waals surface area contributed by atoms with Crippen LogP contribution in [0.4, 0.5) is 5.69 Å². The van der Waals surface area contributed by atoms with E-state index >= 15 is 0 Å². The summed E-state index contributed by atoms with van der Waals surface area (Å²) < 4.78 is 5.02. The lowest BCUT2D eigenvalue weighted by Gasteiger charge is -2.05. The van der Waals surface area contributed by atoms with E-state index in [0.717, 1.165) is 5.56 Å². The van der Waals surface area contributed by atoms with E-state index < -0.39 is 10.9 Å². The van der Waals surface area contributed by atoms with E-state index in [2.05, 4.69) is 4.98 Å². The summed E-state index contributed by atoms with van der Waals surface area (Å²) >= 11 is 0. The maximum Gasteiger partial charge on any atom is 0.340 e. The van der Waals surface area contributed by atoms with E-state index in [1.807, 2.05) is 0 Å². The van der Waals surface area contributed by atoms with E-state index in [1.54, 1.807) is 32.2 Å². The summed E-state index contributed by atoms with van der Waals surface area (Å²) in [6.07, 6.45) is 1.70. The highest BCUT2D eigenvalue weighted by Gasteiger charge is 2.19. The van der Waals surface area contributed by atoms with Gasteiger partial charge < -0.3 is 9.72 Å². The lowest BCUT2D eigenvalue weighted by Crippen LogP contribution is -2.06. The minimum atomic E-state index is -0.460. The molecule has 1 aromatic carbocycles. The van der Waals surface area contributed by atoms with E-state index in [9.17, 15) is 14.9 Å². The van der Waals surface area contributed by atoms with Crippen LogP contribution in [0.1, 0.15) is 23.0 Å². The fourth-order valence-corrected chi connectivity index (χ4v) is 1.98. The number of nitrogens with zero attached hydrogens (tertiary/aromatic N) is 1. The van der Waals surface area contributed by atoms with Crippen molar-refractivity contribution in [1.82, 2.24) is 4.98 Å². The average molecular weight is 274 g/mol. The summed E-state index contributed by atoms with van der Waals surface area (Å²) in [5.74, 6) is -0.403. The van der Waals surface area contributed by atoms with Crippen LogP contribution in [0, 0.1) is 17.0 Å². The Bertz CT molecular complexity index is 644. The Balaban J connectivity index is 2.42. The number of nitrogens with one attached hydrogen (secondary N) is 1. The van der Waals surface area contributed by atoms with Gasteiger partial charge in [0.25, 0.3) is 5.69 Å². The number of aromatic nitrogens is 1. The molecule has 1 aromatic heterocycles. The van der Waals surface area contributed by atoms with Crippen molar-refractivity contribution in [2.24, 2.45) is 0 Å². The molecule has 0 aliphatic carbocycles. The number of esters is 1. The average Bonchev–Trinajstić information content (AvgIpc) is 2.81. The summed E-state index contributed by atoms with van der Waals surface area (Å²) in [4.78, 5) is 25.1. The van der Waals surface area contributed by atoms with Crippen molar-refractivity contribution in [1.29, 1.82) is 0 Å². The second kappa shape index (κ2) is 5.56. The van der Waals surface area contributed by atoms with Gasteiger partial charge in [0.1, 0.15) is 0 Å². The number of ether oxygens (including phenoxy) is 1. The van der Waals surface area contributed by atoms with Gasteiger partial charge in [0, 0.05) is 29.6 Å². The molecule has 0 saturated heterocycles. The molecule has 0 fully saturated rings. The quantitative estimate of drug-likeness (QED) is 0.527. The summed E-state index contributed by atoms with van der Waals surface area (Å²) in [6, 6.07) is 6.05. The van der Waals surface area contributed by atoms with Crippen LogP contribution in [0.2, 0.25) is 0 Å². The highest BCUT2D eigenvalue weighted by molar-refractivity contribution is 5.98. The molecule has 0 aliphatic rings. The Morgan fingerprint density at radius 3 is 2.55 bits per heavy atom. The zero-order valence-electron chi connectivity index (χ0n) is 11.2. The molecular formula is C14H14N2O4. The molecule has 1 heterocycles. The molecule has 6 heteroatoms. The van der Waals surface area contributed by atoms with Crippen LogP contribution in [0.5, 0.6) is 0 Å². The predicted molar refractivity (Wildman–Crippen MR) is 73.6 cm³/mol. The van der Waals surface area contributed by atoms with Gasteiger partial charge >= 0.3 is 5.97 Å². The number of hydrogen-bond acceptors (Lipinski definition) is 4. The smallest absolute Gasteiger partial charge is 0.340 e. The van der Waals surface area contributed by atoms with Gasteiger partial charge in [-0.25, -0.2) is 4.79 Å². The third-order valence-corrected chi connectivity index (χ3v) is 2.95. The van der Waals surface area contributed by atoms with E-state index in [1.165, 1.54) is 12.1 Å². The summed E-state index contributed by atoms with van der Waals surface area (Å²) in [7, 11) is 0. The molecule has 0 radical (unpaired) electrons. The number of aryl methyl sites for hydroxylation is 1. The topological polar surface area (TPSA) is 85.2 Å². The van der Waals surface area contributed by atoms with Crippen molar-refractivity contribution >= 4 is 11.7 Å². The predicted octanol–water partition coefficient (Wildman–Crippen LogP) is 3.08. The molecule has 20 heavy (non-hydrogen) atoms. The van der Waals surface area contributed by atoms with Crippen molar-refractivity contribution in [2.75, 3.05) is 6.61 Å². The minimum absolute atomic E-state index is 0.0127. The molecule has 1 N–H and O–H groups in total. The molecule has 104 valence electrons. The Kier molecular flexibility index (Phi) is 3.84. The van der Waals surface area contributed by atoms with Crippen molar-refractivity contribution in [3.63, 3.8) is 0 Å². The zero-order valence-corrected chi connectivity index (χ0v) is 11.2. The van der Waals surface area contributed by atoms with E-state index in [-0.39, 0.29) is 5.69 Å². The molecule has 0 spiro atoms. The van der Waals surface area contributed by atoms with Crippen molar-refractivity contribution in [2.45, 2.75) is 13.8 Å². The van der Waals surface area contributed by atoms with E-state index in [4.69, 9.17) is 4.74 Å². The summed E-state index contributed by atoms with van der Waals surface area (Å²) in [5.41, 5.74) is 2.58. The lowest BCUT2D eigenvalue weighted by molar-refractivity contribution is -0.384. The first-order chi connectivity index (χ1) is 9.54. The molecule has 0 saturated carbocycles. The first-order valence-electron chi connectivity index (χ1n) is 6.14. The molecule has 2 aromatic rings. The second-order valence-electron chi connectivity index (χ2n) is 4.23. The van der Waals surface area contributed by atoms with Gasteiger partial charge in [0.15, 0.2) is 0 Å². The normalized spacial score (nSPS) is 10.3. The molecule has 0 amide bonds. The first-order valence-corrected chi connectivity index (χ1v) is 6.14. The second-order valence-corrected chi connectivity index (χ2v) is 4.23.